The monoisotopic (exact) mass is 415 g/mol. The van der Waals surface area contributed by atoms with E-state index in [0.29, 0.717) is 34.5 Å². The maximum atomic E-state index is 12.0. The summed E-state index contributed by atoms with van der Waals surface area (Å²) in [4.78, 5) is 23.6. The van der Waals surface area contributed by atoms with Crippen LogP contribution in [0.4, 0.5) is 5.69 Å². The molecule has 26 heavy (non-hydrogen) atoms. The summed E-state index contributed by atoms with van der Waals surface area (Å²) in [5, 5.41) is 3.89. The van der Waals surface area contributed by atoms with Crippen molar-refractivity contribution in [1.82, 2.24) is 0 Å². The number of anilines is 1. The van der Waals surface area contributed by atoms with Gasteiger partial charge in [-0.2, -0.15) is 0 Å². The first-order valence-corrected chi connectivity index (χ1v) is 8.79. The maximum absolute atomic E-state index is 12.0. The molecule has 0 atom stereocenters. The van der Waals surface area contributed by atoms with Crippen molar-refractivity contribution in [1.29, 1.82) is 0 Å². The first-order chi connectivity index (χ1) is 12.4. The quantitative estimate of drug-likeness (QED) is 0.496. The summed E-state index contributed by atoms with van der Waals surface area (Å²) in [5.41, 5.74) is 0.647. The third kappa shape index (κ3) is 5.80. The third-order valence-electron chi connectivity index (χ3n) is 3.36. The van der Waals surface area contributed by atoms with Gasteiger partial charge < -0.3 is 14.8 Å². The zero-order valence-corrected chi connectivity index (χ0v) is 16.1. The fraction of sp³-hybridized carbons (Fsp3) is 0.222. The van der Waals surface area contributed by atoms with Gasteiger partial charge in [-0.1, -0.05) is 34.8 Å². The topological polar surface area (TPSA) is 64.6 Å². The standard InChI is InChI=1S/C18H16Cl3NO4/c1-25-18(24)13-10-12(5-6-14(13)20)22-17(23)3-2-8-26-16-7-4-11(19)9-15(16)21/h4-7,9-10H,2-3,8H2,1H3,(H,22,23). The van der Waals surface area contributed by atoms with Crippen LogP contribution in [0.25, 0.3) is 0 Å². The molecule has 0 spiro atoms. The number of carbonyl (C=O) groups is 2. The van der Waals surface area contributed by atoms with Gasteiger partial charge in [-0.05, 0) is 42.8 Å². The minimum Gasteiger partial charge on any atom is -0.492 e. The molecule has 138 valence electrons. The van der Waals surface area contributed by atoms with E-state index in [-0.39, 0.29) is 22.9 Å². The molecule has 5 nitrogen and oxygen atoms in total. The lowest BCUT2D eigenvalue weighted by Gasteiger charge is -2.10. The summed E-state index contributed by atoms with van der Waals surface area (Å²) < 4.78 is 10.2. The number of amides is 1. The highest BCUT2D eigenvalue weighted by atomic mass is 35.5. The summed E-state index contributed by atoms with van der Waals surface area (Å²) in [6, 6.07) is 9.54. The van der Waals surface area contributed by atoms with Crippen LogP contribution in [0.3, 0.4) is 0 Å². The summed E-state index contributed by atoms with van der Waals surface area (Å²) in [6.07, 6.45) is 0.726. The highest BCUT2D eigenvalue weighted by molar-refractivity contribution is 6.35. The molecule has 0 saturated carbocycles. The lowest BCUT2D eigenvalue weighted by Crippen LogP contribution is -2.13. The number of methoxy groups -OCH3 is 1. The second-order valence-corrected chi connectivity index (χ2v) is 6.51. The van der Waals surface area contributed by atoms with Gasteiger partial charge in [0.1, 0.15) is 5.75 Å². The first kappa shape index (κ1) is 20.4. The van der Waals surface area contributed by atoms with E-state index >= 15 is 0 Å². The van der Waals surface area contributed by atoms with Crippen LogP contribution in [0.15, 0.2) is 36.4 Å². The molecule has 0 aliphatic carbocycles. The van der Waals surface area contributed by atoms with Crippen molar-refractivity contribution in [3.8, 4) is 5.75 Å². The van der Waals surface area contributed by atoms with E-state index in [1.807, 2.05) is 0 Å². The van der Waals surface area contributed by atoms with Crippen LogP contribution in [-0.4, -0.2) is 25.6 Å². The number of rotatable bonds is 7. The number of hydrogen-bond donors (Lipinski definition) is 1. The molecule has 0 radical (unpaired) electrons. The number of nitrogens with one attached hydrogen (secondary N) is 1. The van der Waals surface area contributed by atoms with Crippen molar-refractivity contribution in [3.63, 3.8) is 0 Å². The summed E-state index contributed by atoms with van der Waals surface area (Å²) in [5.74, 6) is -0.273. The first-order valence-electron chi connectivity index (χ1n) is 7.66. The number of ether oxygens (including phenoxy) is 2. The lowest BCUT2D eigenvalue weighted by molar-refractivity contribution is -0.116. The van der Waals surface area contributed by atoms with Gasteiger partial charge in [-0.15, -0.1) is 0 Å². The molecule has 0 unspecified atom stereocenters. The average molecular weight is 417 g/mol. The largest absolute Gasteiger partial charge is 0.492 e. The lowest BCUT2D eigenvalue weighted by atomic mass is 10.2. The molecule has 0 aliphatic rings. The van der Waals surface area contributed by atoms with Gasteiger partial charge in [0.25, 0.3) is 0 Å². The Hall–Kier alpha value is -1.95. The summed E-state index contributed by atoms with van der Waals surface area (Å²) >= 11 is 17.8. The Labute approximate surface area is 166 Å². The molecular weight excluding hydrogens is 401 g/mol. The molecule has 0 aliphatic heterocycles. The molecule has 2 aromatic rings. The summed E-state index contributed by atoms with van der Waals surface area (Å²) in [6.45, 7) is 0.322. The van der Waals surface area contributed by atoms with Crippen LogP contribution in [0.1, 0.15) is 23.2 Å². The maximum Gasteiger partial charge on any atom is 0.339 e. The predicted molar refractivity (Wildman–Crippen MR) is 103 cm³/mol. The highest BCUT2D eigenvalue weighted by Gasteiger charge is 2.12. The number of halogens is 3. The van der Waals surface area contributed by atoms with Crippen LogP contribution in [0.5, 0.6) is 5.75 Å². The van der Waals surface area contributed by atoms with E-state index in [1.54, 1.807) is 24.3 Å². The highest BCUT2D eigenvalue weighted by Crippen LogP contribution is 2.27. The van der Waals surface area contributed by atoms with E-state index in [2.05, 4.69) is 10.1 Å². The van der Waals surface area contributed by atoms with Crippen molar-refractivity contribution in [2.45, 2.75) is 12.8 Å². The smallest absolute Gasteiger partial charge is 0.339 e. The number of benzene rings is 2. The molecule has 0 bridgehead atoms. The predicted octanol–water partition coefficient (Wildman–Crippen LogP) is 5.23. The number of hydrogen-bond acceptors (Lipinski definition) is 4. The molecular formula is C18H16Cl3NO4. The van der Waals surface area contributed by atoms with Crippen molar-refractivity contribution >= 4 is 52.4 Å². The SMILES string of the molecule is COC(=O)c1cc(NC(=O)CCCOc2ccc(Cl)cc2Cl)ccc1Cl. The van der Waals surface area contributed by atoms with Crippen molar-refractivity contribution < 1.29 is 19.1 Å². The van der Waals surface area contributed by atoms with Gasteiger partial charge in [-0.3, -0.25) is 4.79 Å². The Bertz CT molecular complexity index is 811. The van der Waals surface area contributed by atoms with Crippen LogP contribution < -0.4 is 10.1 Å². The van der Waals surface area contributed by atoms with Crippen molar-refractivity contribution in [3.05, 3.63) is 57.0 Å². The Balaban J connectivity index is 1.83. The molecule has 1 amide bonds. The number of esters is 1. The molecule has 0 saturated heterocycles. The van der Waals surface area contributed by atoms with Crippen molar-refractivity contribution in [2.75, 3.05) is 19.0 Å². The van der Waals surface area contributed by atoms with Gasteiger partial charge in [-0.25, -0.2) is 4.79 Å². The minimum atomic E-state index is -0.570. The molecule has 2 aromatic carbocycles. The van der Waals surface area contributed by atoms with Gasteiger partial charge in [0, 0.05) is 17.1 Å². The van der Waals surface area contributed by atoms with Gasteiger partial charge in [0.15, 0.2) is 0 Å². The minimum absolute atomic E-state index is 0.188. The molecule has 0 heterocycles. The number of carbonyl (C=O) groups excluding carboxylic acids is 2. The van der Waals surface area contributed by atoms with Gasteiger partial charge in [0.05, 0.1) is 29.3 Å². The second kappa shape index (κ2) is 9.67. The van der Waals surface area contributed by atoms with E-state index in [9.17, 15) is 9.59 Å². The van der Waals surface area contributed by atoms with E-state index in [0.717, 1.165) is 0 Å². The van der Waals surface area contributed by atoms with Crippen molar-refractivity contribution in [2.24, 2.45) is 0 Å². The van der Waals surface area contributed by atoms with Gasteiger partial charge in [0.2, 0.25) is 5.91 Å². The fourth-order valence-corrected chi connectivity index (χ4v) is 2.76. The zero-order valence-electron chi connectivity index (χ0n) is 13.9. The Morgan fingerprint density at radius 3 is 2.50 bits per heavy atom. The summed E-state index contributed by atoms with van der Waals surface area (Å²) in [7, 11) is 1.26. The Kier molecular flexibility index (Phi) is 7.57. The van der Waals surface area contributed by atoms with Crippen LogP contribution in [0, 0.1) is 0 Å². The molecule has 2 rings (SSSR count). The average Bonchev–Trinajstić information content (AvgIpc) is 2.61. The van der Waals surface area contributed by atoms with Gasteiger partial charge >= 0.3 is 5.97 Å². The normalized spacial score (nSPS) is 10.3. The third-order valence-corrected chi connectivity index (χ3v) is 4.22. The van der Waals surface area contributed by atoms with Crippen LogP contribution >= 0.6 is 34.8 Å². The van der Waals surface area contributed by atoms with E-state index in [1.165, 1.54) is 19.2 Å². The molecule has 0 fully saturated rings. The van der Waals surface area contributed by atoms with Crippen LogP contribution in [0.2, 0.25) is 15.1 Å². The zero-order chi connectivity index (χ0) is 19.1. The Morgan fingerprint density at radius 1 is 1.04 bits per heavy atom. The fourth-order valence-electron chi connectivity index (χ4n) is 2.10. The van der Waals surface area contributed by atoms with Crippen LogP contribution in [-0.2, 0) is 9.53 Å². The Morgan fingerprint density at radius 2 is 1.81 bits per heavy atom. The molecule has 1 N–H and O–H groups in total. The molecule has 0 aromatic heterocycles. The van der Waals surface area contributed by atoms with E-state index < -0.39 is 5.97 Å². The van der Waals surface area contributed by atoms with E-state index in [4.69, 9.17) is 39.5 Å². The molecule has 8 heteroatoms. The second-order valence-electron chi connectivity index (χ2n) is 5.26.